The molecule has 2 nitrogen and oxygen atoms in total. The SMILES string of the molecule is FC1(F)C=CC2OC[C@H]1O2. The number of rotatable bonds is 0. The van der Waals surface area contributed by atoms with Gasteiger partial charge in [-0.15, -0.1) is 0 Å². The molecule has 4 heteroatoms. The maximum Gasteiger partial charge on any atom is 0.294 e. The minimum atomic E-state index is -2.84. The lowest BCUT2D eigenvalue weighted by molar-refractivity contribution is -0.113. The Labute approximate surface area is 56.4 Å². The van der Waals surface area contributed by atoms with Crippen molar-refractivity contribution >= 4 is 0 Å². The molecule has 10 heavy (non-hydrogen) atoms. The lowest BCUT2D eigenvalue weighted by Gasteiger charge is -2.21. The molecule has 1 unspecified atom stereocenters. The first-order chi connectivity index (χ1) is 4.68. The first-order valence-corrected chi connectivity index (χ1v) is 3.03. The van der Waals surface area contributed by atoms with Gasteiger partial charge in [-0.2, -0.15) is 8.78 Å². The first-order valence-electron chi connectivity index (χ1n) is 3.03. The predicted octanol–water partition coefficient (Wildman–Crippen LogP) is 0.933. The highest BCUT2D eigenvalue weighted by molar-refractivity contribution is 5.07. The molecule has 2 bridgehead atoms. The molecule has 2 aliphatic rings. The fourth-order valence-corrected chi connectivity index (χ4v) is 1.04. The van der Waals surface area contributed by atoms with Crippen molar-refractivity contribution < 1.29 is 18.3 Å². The second-order valence-electron chi connectivity index (χ2n) is 2.36. The summed E-state index contributed by atoms with van der Waals surface area (Å²) in [5.41, 5.74) is 0. The largest absolute Gasteiger partial charge is 0.346 e. The van der Waals surface area contributed by atoms with Crippen LogP contribution >= 0.6 is 0 Å². The Bertz CT molecular complexity index is 179. The number of ether oxygens (including phenoxy) is 2. The lowest BCUT2D eigenvalue weighted by atomic mass is 10.1. The summed E-state index contributed by atoms with van der Waals surface area (Å²) in [5, 5.41) is 0. The van der Waals surface area contributed by atoms with Gasteiger partial charge in [0.2, 0.25) is 0 Å². The van der Waals surface area contributed by atoms with E-state index < -0.39 is 18.3 Å². The van der Waals surface area contributed by atoms with E-state index in [1.54, 1.807) is 0 Å². The summed E-state index contributed by atoms with van der Waals surface area (Å²) in [7, 11) is 0. The molecule has 0 radical (unpaired) electrons. The molecule has 2 rings (SSSR count). The third-order valence-corrected chi connectivity index (χ3v) is 1.62. The Morgan fingerprint density at radius 3 is 3.00 bits per heavy atom. The van der Waals surface area contributed by atoms with E-state index >= 15 is 0 Å². The molecule has 1 fully saturated rings. The van der Waals surface area contributed by atoms with Crippen LogP contribution in [0.15, 0.2) is 12.2 Å². The van der Waals surface area contributed by atoms with Crippen molar-refractivity contribution in [1.29, 1.82) is 0 Å². The molecule has 2 aliphatic heterocycles. The van der Waals surface area contributed by atoms with Gasteiger partial charge in [0.1, 0.15) is 0 Å². The minimum Gasteiger partial charge on any atom is -0.346 e. The summed E-state index contributed by atoms with van der Waals surface area (Å²) in [4.78, 5) is 0. The van der Waals surface area contributed by atoms with Gasteiger partial charge < -0.3 is 9.47 Å². The number of alkyl halides is 2. The predicted molar refractivity (Wildman–Crippen MR) is 28.7 cm³/mol. The number of fused-ring (bicyclic) bond motifs is 2. The number of halogens is 2. The van der Waals surface area contributed by atoms with Gasteiger partial charge >= 0.3 is 0 Å². The highest BCUT2D eigenvalue weighted by Gasteiger charge is 2.46. The van der Waals surface area contributed by atoms with Crippen LogP contribution in [0.3, 0.4) is 0 Å². The van der Waals surface area contributed by atoms with E-state index in [0.717, 1.165) is 6.08 Å². The van der Waals surface area contributed by atoms with Crippen molar-refractivity contribution in [1.82, 2.24) is 0 Å². The molecule has 2 heterocycles. The van der Waals surface area contributed by atoms with Crippen LogP contribution in [0.5, 0.6) is 0 Å². The Hall–Kier alpha value is -0.480. The van der Waals surface area contributed by atoms with Crippen molar-refractivity contribution in [2.45, 2.75) is 18.3 Å². The van der Waals surface area contributed by atoms with Gasteiger partial charge in [-0.25, -0.2) is 0 Å². The van der Waals surface area contributed by atoms with E-state index in [4.69, 9.17) is 9.47 Å². The quantitative estimate of drug-likeness (QED) is 0.476. The summed E-state index contributed by atoms with van der Waals surface area (Å²) in [6.45, 7) is -0.00926. The summed E-state index contributed by atoms with van der Waals surface area (Å²) in [5.74, 6) is -2.84. The Morgan fingerprint density at radius 1 is 1.50 bits per heavy atom. The molecule has 0 amide bonds. The van der Waals surface area contributed by atoms with Crippen molar-refractivity contribution in [3.63, 3.8) is 0 Å². The number of hydrogen-bond donors (Lipinski definition) is 0. The summed E-state index contributed by atoms with van der Waals surface area (Å²) in [6.07, 6.45) is 0.481. The summed E-state index contributed by atoms with van der Waals surface area (Å²) in [6, 6.07) is 0. The average Bonchev–Trinajstić information content (AvgIpc) is 2.26. The molecule has 2 atom stereocenters. The van der Waals surface area contributed by atoms with Crippen molar-refractivity contribution in [2.75, 3.05) is 6.61 Å². The topological polar surface area (TPSA) is 18.5 Å². The van der Waals surface area contributed by atoms with Crippen LogP contribution in [-0.4, -0.2) is 24.9 Å². The highest BCUT2D eigenvalue weighted by atomic mass is 19.3. The van der Waals surface area contributed by atoms with Gasteiger partial charge in [-0.1, -0.05) is 0 Å². The maximum atomic E-state index is 12.6. The molecule has 0 aromatic carbocycles. The van der Waals surface area contributed by atoms with Gasteiger partial charge in [0, 0.05) is 0 Å². The zero-order valence-electron chi connectivity index (χ0n) is 5.09. The Morgan fingerprint density at radius 2 is 2.30 bits per heavy atom. The third kappa shape index (κ3) is 0.759. The zero-order valence-corrected chi connectivity index (χ0v) is 5.09. The van der Waals surface area contributed by atoms with E-state index in [1.807, 2.05) is 0 Å². The van der Waals surface area contributed by atoms with E-state index in [0.29, 0.717) is 0 Å². The van der Waals surface area contributed by atoms with E-state index in [2.05, 4.69) is 0 Å². The molecular formula is C6H6F2O2. The fraction of sp³-hybridized carbons (Fsp3) is 0.667. The standard InChI is InChI=1S/C6H6F2O2/c7-6(8)2-1-5-9-3-4(6)10-5/h1-2,4-5H,3H2/t4-,5?/m1/s1. The molecule has 0 saturated carbocycles. The van der Waals surface area contributed by atoms with Crippen LogP contribution in [0.1, 0.15) is 0 Å². The van der Waals surface area contributed by atoms with Crippen LogP contribution in [0, 0.1) is 0 Å². The normalized spacial score (nSPS) is 42.2. The average molecular weight is 148 g/mol. The van der Waals surface area contributed by atoms with Crippen LogP contribution in [0.2, 0.25) is 0 Å². The van der Waals surface area contributed by atoms with Crippen molar-refractivity contribution in [3.8, 4) is 0 Å². The van der Waals surface area contributed by atoms with Crippen LogP contribution in [0.25, 0.3) is 0 Å². The zero-order chi connectivity index (χ0) is 7.19. The van der Waals surface area contributed by atoms with E-state index in [9.17, 15) is 8.78 Å². The van der Waals surface area contributed by atoms with Crippen LogP contribution in [0.4, 0.5) is 8.78 Å². The lowest BCUT2D eigenvalue weighted by Crippen LogP contribution is -2.35. The molecule has 0 spiro atoms. The maximum absolute atomic E-state index is 12.6. The van der Waals surface area contributed by atoms with E-state index in [1.165, 1.54) is 6.08 Å². The molecule has 0 aromatic heterocycles. The van der Waals surface area contributed by atoms with Crippen molar-refractivity contribution in [3.05, 3.63) is 12.2 Å². The monoisotopic (exact) mass is 148 g/mol. The van der Waals surface area contributed by atoms with Gasteiger partial charge in [0.25, 0.3) is 5.92 Å². The Kier molecular flexibility index (Phi) is 1.10. The smallest absolute Gasteiger partial charge is 0.294 e. The number of hydrogen-bond acceptors (Lipinski definition) is 2. The molecule has 0 aliphatic carbocycles. The van der Waals surface area contributed by atoms with Crippen molar-refractivity contribution in [2.24, 2.45) is 0 Å². The van der Waals surface area contributed by atoms with Gasteiger partial charge in [0.15, 0.2) is 12.4 Å². The molecule has 56 valence electrons. The summed E-state index contributed by atoms with van der Waals surface area (Å²) >= 11 is 0. The molecule has 0 aromatic rings. The molecular weight excluding hydrogens is 142 g/mol. The summed E-state index contributed by atoms with van der Waals surface area (Å²) < 4.78 is 34.8. The highest BCUT2D eigenvalue weighted by Crippen LogP contribution is 2.33. The van der Waals surface area contributed by atoms with E-state index in [-0.39, 0.29) is 6.61 Å². The fourth-order valence-electron chi connectivity index (χ4n) is 1.04. The van der Waals surface area contributed by atoms with Gasteiger partial charge in [-0.05, 0) is 12.2 Å². The van der Waals surface area contributed by atoms with Crippen LogP contribution < -0.4 is 0 Å². The molecule has 1 saturated heterocycles. The first kappa shape index (κ1) is 6.24. The van der Waals surface area contributed by atoms with Crippen LogP contribution in [-0.2, 0) is 9.47 Å². The van der Waals surface area contributed by atoms with Gasteiger partial charge in [0.05, 0.1) is 6.61 Å². The minimum absolute atomic E-state index is 0.00926. The Balaban J connectivity index is 2.27. The third-order valence-electron chi connectivity index (χ3n) is 1.62. The molecule has 0 N–H and O–H groups in total. The second kappa shape index (κ2) is 1.77. The second-order valence-corrected chi connectivity index (χ2v) is 2.36. The van der Waals surface area contributed by atoms with Gasteiger partial charge in [-0.3, -0.25) is 0 Å².